The molecule has 3 heterocycles. The fourth-order valence-electron chi connectivity index (χ4n) is 4.30. The van der Waals surface area contributed by atoms with Crippen LogP contribution in [-0.2, 0) is 14.8 Å². The molecule has 1 aromatic heterocycles. The van der Waals surface area contributed by atoms with Crippen LogP contribution in [0.4, 0.5) is 14.9 Å². The molecule has 8 nitrogen and oxygen atoms in total. The number of amides is 3. The zero-order valence-corrected chi connectivity index (χ0v) is 16.5. The van der Waals surface area contributed by atoms with Crippen LogP contribution in [0, 0.1) is 11.7 Å². The smallest absolute Gasteiger partial charge is 0.334 e. The van der Waals surface area contributed by atoms with Gasteiger partial charge in [0, 0.05) is 18.7 Å². The Hall–Kier alpha value is -3.27. The first-order chi connectivity index (χ1) is 14.3. The molecule has 2 aliphatic heterocycles. The first-order valence-electron chi connectivity index (χ1n) is 9.40. The Balaban J connectivity index is 1.37. The standard InChI is InChI=1S/C20H17FN4O4S/c21-13-4-5-17-18(8-13)30(28,29)25(20(27)23-17)11-19(26)24-10-12-7-14(24)9-15(12)16-3-1-2-6-22-16/h1-6,8-9,12,14H,7,10-11H2,(H,23,27)/t12-,14-/m0/s1. The van der Waals surface area contributed by atoms with Crippen molar-refractivity contribution in [1.82, 2.24) is 14.2 Å². The molecule has 154 valence electrons. The van der Waals surface area contributed by atoms with Crippen LogP contribution in [0.3, 0.4) is 0 Å². The van der Waals surface area contributed by atoms with Gasteiger partial charge in [-0.05, 0) is 42.3 Å². The number of likely N-dealkylation sites (tertiary alicyclic amines) is 1. The van der Waals surface area contributed by atoms with Crippen LogP contribution in [0.2, 0.25) is 0 Å². The molecule has 2 aromatic rings. The van der Waals surface area contributed by atoms with Crippen LogP contribution in [0.25, 0.3) is 5.57 Å². The number of nitrogens with zero attached hydrogens (tertiary/aromatic N) is 3. The van der Waals surface area contributed by atoms with Crippen molar-refractivity contribution < 1.29 is 22.4 Å². The number of halogens is 1. The highest BCUT2D eigenvalue weighted by Gasteiger charge is 2.44. The second kappa shape index (κ2) is 6.63. The molecular formula is C20H17FN4O4S. The maximum absolute atomic E-state index is 13.6. The van der Waals surface area contributed by atoms with Gasteiger partial charge in [0.25, 0.3) is 10.0 Å². The van der Waals surface area contributed by atoms with Gasteiger partial charge in [0.05, 0.1) is 17.4 Å². The van der Waals surface area contributed by atoms with Gasteiger partial charge in [-0.3, -0.25) is 9.78 Å². The number of carbonyl (C=O) groups is 2. The van der Waals surface area contributed by atoms with Crippen molar-refractivity contribution in [3.05, 3.63) is 60.2 Å². The first-order valence-corrected chi connectivity index (χ1v) is 10.8. The fourth-order valence-corrected chi connectivity index (χ4v) is 5.74. The quantitative estimate of drug-likeness (QED) is 0.807. The van der Waals surface area contributed by atoms with E-state index < -0.39 is 34.3 Å². The molecule has 1 saturated heterocycles. The number of urea groups is 1. The van der Waals surface area contributed by atoms with Gasteiger partial charge in [0.1, 0.15) is 17.3 Å². The molecule has 3 amide bonds. The lowest BCUT2D eigenvalue weighted by atomic mass is 9.99. The summed E-state index contributed by atoms with van der Waals surface area (Å²) in [6.45, 7) is -0.202. The number of benzene rings is 1. The summed E-state index contributed by atoms with van der Waals surface area (Å²) in [5.41, 5.74) is 1.94. The number of pyridine rings is 1. The van der Waals surface area contributed by atoms with Crippen LogP contribution in [-0.4, -0.2) is 53.7 Å². The summed E-state index contributed by atoms with van der Waals surface area (Å²) in [6, 6.07) is 7.63. The Morgan fingerprint density at radius 2 is 2.10 bits per heavy atom. The molecule has 0 radical (unpaired) electrons. The predicted octanol–water partition coefficient (Wildman–Crippen LogP) is 2.07. The monoisotopic (exact) mass is 428 g/mol. The lowest BCUT2D eigenvalue weighted by Crippen LogP contribution is -2.50. The highest BCUT2D eigenvalue weighted by Crippen LogP contribution is 2.42. The van der Waals surface area contributed by atoms with Crippen LogP contribution < -0.4 is 5.32 Å². The number of rotatable bonds is 3. The fraction of sp³-hybridized carbons (Fsp3) is 0.250. The van der Waals surface area contributed by atoms with Gasteiger partial charge in [0.15, 0.2) is 0 Å². The molecule has 10 heteroatoms. The number of anilines is 1. The third-order valence-electron chi connectivity index (χ3n) is 5.69. The summed E-state index contributed by atoms with van der Waals surface area (Å²) in [5, 5.41) is 2.40. The topological polar surface area (TPSA) is 99.7 Å². The zero-order valence-electron chi connectivity index (χ0n) is 15.7. The molecule has 1 N–H and O–H groups in total. The average molecular weight is 428 g/mol. The van der Waals surface area contributed by atoms with E-state index in [1.807, 2.05) is 24.3 Å². The van der Waals surface area contributed by atoms with E-state index in [4.69, 9.17) is 0 Å². The normalized spacial score (nSPS) is 23.8. The van der Waals surface area contributed by atoms with Crippen molar-refractivity contribution in [3.8, 4) is 0 Å². The summed E-state index contributed by atoms with van der Waals surface area (Å²) < 4.78 is 39.7. The Morgan fingerprint density at radius 1 is 1.27 bits per heavy atom. The highest BCUT2D eigenvalue weighted by atomic mass is 32.2. The largest absolute Gasteiger partial charge is 0.336 e. The molecule has 1 fully saturated rings. The van der Waals surface area contributed by atoms with Gasteiger partial charge in [0.2, 0.25) is 5.91 Å². The minimum absolute atomic E-state index is 0.00624. The number of hydrogen-bond donors (Lipinski definition) is 1. The molecule has 0 unspecified atom stereocenters. The number of hydrogen-bond acceptors (Lipinski definition) is 5. The molecule has 5 rings (SSSR count). The van der Waals surface area contributed by atoms with Crippen molar-refractivity contribution >= 4 is 33.2 Å². The first kappa shape index (κ1) is 18.7. The number of nitrogens with one attached hydrogen (secondary N) is 1. The van der Waals surface area contributed by atoms with Gasteiger partial charge in [-0.15, -0.1) is 0 Å². The van der Waals surface area contributed by atoms with Crippen LogP contribution in [0.5, 0.6) is 0 Å². The molecule has 2 bridgehead atoms. The lowest BCUT2D eigenvalue weighted by Gasteiger charge is -2.31. The average Bonchev–Trinajstić information content (AvgIpc) is 3.34. The SMILES string of the molecule is O=C(CN1C(=O)Nc2ccc(F)cc2S1(=O)=O)N1C[C@@H]2C[C@H]1C=C2c1ccccn1. The Kier molecular flexibility index (Phi) is 4.14. The van der Waals surface area contributed by atoms with E-state index in [1.165, 1.54) is 6.07 Å². The molecule has 3 aliphatic rings. The maximum Gasteiger partial charge on any atom is 0.336 e. The minimum Gasteiger partial charge on any atom is -0.334 e. The van der Waals surface area contributed by atoms with E-state index >= 15 is 0 Å². The van der Waals surface area contributed by atoms with Crippen molar-refractivity contribution in [2.45, 2.75) is 17.4 Å². The predicted molar refractivity (Wildman–Crippen MR) is 105 cm³/mol. The molecule has 0 saturated carbocycles. The van der Waals surface area contributed by atoms with E-state index in [9.17, 15) is 22.4 Å². The summed E-state index contributed by atoms with van der Waals surface area (Å²) >= 11 is 0. The number of sulfonamides is 1. The highest BCUT2D eigenvalue weighted by molar-refractivity contribution is 7.90. The van der Waals surface area contributed by atoms with Crippen molar-refractivity contribution in [2.75, 3.05) is 18.4 Å². The van der Waals surface area contributed by atoms with Gasteiger partial charge in [-0.2, -0.15) is 0 Å². The molecule has 0 spiro atoms. The number of carbonyl (C=O) groups excluding carboxylic acids is 2. The Morgan fingerprint density at radius 3 is 2.80 bits per heavy atom. The Labute approximate surface area is 172 Å². The molecule has 1 aromatic carbocycles. The molecular weight excluding hydrogens is 411 g/mol. The third-order valence-corrected chi connectivity index (χ3v) is 7.46. The van der Waals surface area contributed by atoms with E-state index in [0.29, 0.717) is 10.8 Å². The lowest BCUT2D eigenvalue weighted by molar-refractivity contribution is -0.131. The van der Waals surface area contributed by atoms with Gasteiger partial charge >= 0.3 is 6.03 Å². The second-order valence-electron chi connectivity index (χ2n) is 7.47. The van der Waals surface area contributed by atoms with Gasteiger partial charge < -0.3 is 10.2 Å². The molecule has 2 atom stereocenters. The van der Waals surface area contributed by atoms with Gasteiger partial charge in [-0.1, -0.05) is 12.1 Å². The van der Waals surface area contributed by atoms with Crippen LogP contribution in [0.1, 0.15) is 12.1 Å². The Bertz CT molecular complexity index is 1200. The van der Waals surface area contributed by atoms with Crippen LogP contribution >= 0.6 is 0 Å². The van der Waals surface area contributed by atoms with Gasteiger partial charge in [-0.25, -0.2) is 21.9 Å². The van der Waals surface area contributed by atoms with E-state index in [-0.39, 0.29) is 22.5 Å². The summed E-state index contributed by atoms with van der Waals surface area (Å²) in [4.78, 5) is 30.8. The summed E-state index contributed by atoms with van der Waals surface area (Å²) in [5.74, 6) is -1.10. The van der Waals surface area contributed by atoms with E-state index in [2.05, 4.69) is 10.3 Å². The zero-order chi connectivity index (χ0) is 21.0. The van der Waals surface area contributed by atoms with E-state index in [1.54, 1.807) is 11.1 Å². The van der Waals surface area contributed by atoms with Crippen molar-refractivity contribution in [2.24, 2.45) is 5.92 Å². The van der Waals surface area contributed by atoms with Crippen molar-refractivity contribution in [3.63, 3.8) is 0 Å². The van der Waals surface area contributed by atoms with Crippen LogP contribution in [0.15, 0.2) is 53.6 Å². The summed E-state index contributed by atoms with van der Waals surface area (Å²) in [7, 11) is -4.34. The summed E-state index contributed by atoms with van der Waals surface area (Å²) in [6.07, 6.45) is 4.43. The van der Waals surface area contributed by atoms with E-state index in [0.717, 1.165) is 29.8 Å². The number of fused-ring (bicyclic) bond motifs is 3. The second-order valence-corrected chi connectivity index (χ2v) is 9.30. The molecule has 30 heavy (non-hydrogen) atoms. The third kappa shape index (κ3) is 2.86. The maximum atomic E-state index is 13.6. The van der Waals surface area contributed by atoms with Crippen molar-refractivity contribution in [1.29, 1.82) is 0 Å². The minimum atomic E-state index is -4.34. The number of aromatic nitrogens is 1. The molecule has 1 aliphatic carbocycles.